The van der Waals surface area contributed by atoms with Gasteiger partial charge in [-0.05, 0) is 20.8 Å². The highest BCUT2D eigenvalue weighted by Crippen LogP contribution is 2.43. The molecule has 12 aliphatic heterocycles. The number of ether oxygens (including phenoxy) is 23. The molecule has 12 heterocycles. The van der Waals surface area contributed by atoms with Crippen LogP contribution in [0.1, 0.15) is 48.5 Å². The molecule has 822 valence electrons. The van der Waals surface area contributed by atoms with Gasteiger partial charge >= 0.3 is 0 Å². The fourth-order valence-electron chi connectivity index (χ4n) is 18.6. The number of rotatable bonds is 35. The maximum absolute atomic E-state index is 13.7. The first-order valence-corrected chi connectivity index (χ1v) is 45.7. The van der Waals surface area contributed by atoms with E-state index in [-0.39, 0.29) is 0 Å². The van der Waals surface area contributed by atoms with Gasteiger partial charge in [0.25, 0.3) is 0 Å². The van der Waals surface area contributed by atoms with Crippen molar-refractivity contribution in [1.29, 1.82) is 0 Å². The number of carbonyl (C=O) groups excluding carboxylic acids is 4. The summed E-state index contributed by atoms with van der Waals surface area (Å²) in [5, 5.41) is 360. The SMILES string of the molecule is CC(=O)N[C@@H]1[C@@H](O)[C@H](O[C@@H]2O[C@H](CO)[C@@H](O[C@@H]3O[C@H](CO[C@H]4O[C@H](CO)[C@@H](O)[C@H](O)[C@@H]4O[C@@H]4O[C@H](CO)[C@@H](O[C@@H]5O[C@H](CO)[C@H](O)[C@H](O)[C@H]5O)[C@H](O[C@@H]5O[C@@H](C)[C@@H](O)[C@@H](O)[C@@H]5O)[C@H]4NC(C)=O)[C@@H](O)[C@H](O[C@H]4O[C@H](CO)[C@@H](O)[C@H](O)[C@@H]4O[C@@H]4O[C@H](CO)[C@@H](O[C@@H]5O[C@H](CO)[C@H](O)[C@H](O)[C@H]5O)[C@H](O[C@@H]5O[C@@H](C)[C@@H](O)[C@@H](O)[C@@H]5O)[C@H]4NC(C)=O)[C@@H]3O)[C@H](O)[C@H]2NC(C)=O)[C@@H](CO[C@@H]2O[C@@H](C)[C@@H](O)[C@@H](O)[C@@H]2O)O[C@@H]1O. The minimum atomic E-state index is -2.74. The number of aliphatic hydroxyl groups excluding tert-OH is 31. The van der Waals surface area contributed by atoms with Crippen LogP contribution in [-0.4, -0.2) is 610 Å². The van der Waals surface area contributed by atoms with Crippen molar-refractivity contribution in [3.05, 3.63) is 0 Å². The van der Waals surface area contributed by atoms with Gasteiger partial charge in [0.15, 0.2) is 75.5 Å². The molecule has 4 amide bonds. The Morgan fingerprint density at radius 2 is 0.451 bits per heavy atom. The van der Waals surface area contributed by atoms with Gasteiger partial charge in [0, 0.05) is 27.7 Å². The summed E-state index contributed by atoms with van der Waals surface area (Å²) in [6.45, 7) is -3.33. The number of amides is 4. The van der Waals surface area contributed by atoms with Crippen LogP contribution in [-0.2, 0) is 128 Å². The minimum Gasteiger partial charge on any atom is -0.394 e. The fourth-order valence-corrected chi connectivity index (χ4v) is 18.6. The molecule has 0 spiro atoms. The zero-order valence-electron chi connectivity index (χ0n) is 76.9. The average molecular weight is 2080 g/mol. The highest BCUT2D eigenvalue weighted by atomic mass is 16.8. The lowest BCUT2D eigenvalue weighted by molar-refractivity contribution is -0.404. The third-order valence-corrected chi connectivity index (χ3v) is 26.6. The summed E-state index contributed by atoms with van der Waals surface area (Å²) < 4.78 is 140. The molecule has 60 atom stereocenters. The highest BCUT2D eigenvalue weighted by Gasteiger charge is 2.64. The van der Waals surface area contributed by atoms with Gasteiger partial charge in [-0.2, -0.15) is 0 Å². The van der Waals surface area contributed by atoms with Crippen LogP contribution in [0.4, 0.5) is 0 Å². The molecule has 12 saturated heterocycles. The smallest absolute Gasteiger partial charge is 0.217 e. The summed E-state index contributed by atoms with van der Waals surface area (Å²) >= 11 is 0. The number of hydrogen-bond acceptors (Lipinski definition) is 58. The third-order valence-electron chi connectivity index (χ3n) is 26.6. The molecule has 62 nitrogen and oxygen atoms in total. The lowest BCUT2D eigenvalue weighted by Crippen LogP contribution is -2.71. The second-order valence-corrected chi connectivity index (χ2v) is 36.6. The molecule has 12 rings (SSSR count). The summed E-state index contributed by atoms with van der Waals surface area (Å²) in [6.07, 6.45) is -119. The largest absolute Gasteiger partial charge is 0.394 e. The van der Waals surface area contributed by atoms with Crippen molar-refractivity contribution in [3.8, 4) is 0 Å². The van der Waals surface area contributed by atoms with Gasteiger partial charge in [0.1, 0.15) is 274 Å². The van der Waals surface area contributed by atoms with E-state index in [4.69, 9.17) is 109 Å². The number of hydrogen-bond donors (Lipinski definition) is 35. The van der Waals surface area contributed by atoms with Crippen LogP contribution in [0.25, 0.3) is 0 Å². The monoisotopic (exact) mass is 2080 g/mol. The fraction of sp³-hybridized carbons (Fsp3) is 0.950. The Labute approximate surface area is 805 Å². The molecule has 0 aromatic heterocycles. The molecular formula is C80H134N4O58. The van der Waals surface area contributed by atoms with Crippen LogP contribution in [0.3, 0.4) is 0 Å². The van der Waals surface area contributed by atoms with E-state index in [1.54, 1.807) is 0 Å². The minimum absolute atomic E-state index is 0.875. The highest BCUT2D eigenvalue weighted by molar-refractivity contribution is 5.74. The van der Waals surface area contributed by atoms with Crippen molar-refractivity contribution in [2.24, 2.45) is 0 Å². The zero-order chi connectivity index (χ0) is 104. The Kier molecular flexibility index (Phi) is 41.2. The first-order valence-electron chi connectivity index (χ1n) is 45.7. The molecule has 142 heavy (non-hydrogen) atoms. The van der Waals surface area contributed by atoms with Gasteiger partial charge in [-0.1, -0.05) is 0 Å². The van der Waals surface area contributed by atoms with Crippen molar-refractivity contribution < 1.29 is 286 Å². The predicted octanol–water partition coefficient (Wildman–Crippen LogP) is -23.5. The van der Waals surface area contributed by atoms with Crippen LogP contribution in [0.15, 0.2) is 0 Å². The first-order chi connectivity index (χ1) is 67.1. The van der Waals surface area contributed by atoms with Crippen LogP contribution < -0.4 is 21.3 Å². The average Bonchev–Trinajstić information content (AvgIpc) is 0.759. The summed E-state index contributed by atoms with van der Waals surface area (Å²) in [5.41, 5.74) is 0. The van der Waals surface area contributed by atoms with Gasteiger partial charge in [0.05, 0.1) is 77.8 Å². The molecule has 62 heteroatoms. The molecule has 0 radical (unpaired) electrons. The molecule has 0 aromatic carbocycles. The second kappa shape index (κ2) is 50.3. The first kappa shape index (κ1) is 116. The molecule has 0 unspecified atom stereocenters. The van der Waals surface area contributed by atoms with E-state index in [2.05, 4.69) is 21.3 Å². The summed E-state index contributed by atoms with van der Waals surface area (Å²) in [7, 11) is 0. The van der Waals surface area contributed by atoms with E-state index in [1.165, 1.54) is 20.8 Å². The molecule has 0 saturated carbocycles. The van der Waals surface area contributed by atoms with E-state index in [1.807, 2.05) is 0 Å². The van der Waals surface area contributed by atoms with Crippen LogP contribution in [0, 0.1) is 0 Å². The van der Waals surface area contributed by atoms with Gasteiger partial charge in [-0.3, -0.25) is 19.2 Å². The maximum Gasteiger partial charge on any atom is 0.217 e. The Morgan fingerprint density at radius 3 is 0.859 bits per heavy atom. The second-order valence-electron chi connectivity index (χ2n) is 36.6. The van der Waals surface area contributed by atoms with Crippen molar-refractivity contribution in [3.63, 3.8) is 0 Å². The van der Waals surface area contributed by atoms with Crippen LogP contribution in [0.2, 0.25) is 0 Å². The normalized spacial score (nSPS) is 50.9. The standard InChI is InChI=1S/C80H134N4O58/c1-17-37(96)47(106)54(113)73(122-17)120-16-32-61(45(104)33(69(119)125-32)81-20(4)92)134-70-34(82-21(5)93)46(105)60(28(12-89)130-70)135-78-59(118)66(140-80-68(53(112)43(102)27(11-88)129-80)142-72-36(84-23(7)95)65(139-75-56(115)49(108)39(98)19(3)124-75)63(30(14-91)132-72)137-77-58(117)51(110)41(100)25(9-86)127-77)44(103)31(133-78)15-121-79-67(52(111)42(101)26(10-87)128-79)141-71-35(83-22(6)94)64(138-74-55(114)48(107)38(97)18(2)123-74)62(29(13-90)131-71)136-76-57(116)50(109)40(99)24(8-85)126-76/h17-19,24-80,85-91,96-119H,8-16H2,1-7H3,(H,81,92)(H,82,93)(H,83,94)(H,84,95)/t17-,18-,19-,24+,25+,26+,27+,28+,29+,30+,31+,32+,33+,34+,35+,36+,37+,38+,39+,40-,41-,42+,43+,44+,45+,46+,47+,48+,49+,50-,51-,52-,53-,54-,55-,56-,57+,58+,59-,60+,61+,62+,63+,64+,65+,66-,67-,68-,69-,70-,71-,72-,73+,74-,75-,76-,77-,78-,79-,80+/m0/s1. The van der Waals surface area contributed by atoms with Crippen molar-refractivity contribution in [1.82, 2.24) is 21.3 Å². The zero-order valence-corrected chi connectivity index (χ0v) is 76.9. The lowest BCUT2D eigenvalue weighted by Gasteiger charge is -2.52. The molecule has 35 N–H and O–H groups in total. The number of nitrogens with one attached hydrogen (secondary N) is 4. The molecule has 0 aromatic rings. The van der Waals surface area contributed by atoms with Crippen molar-refractivity contribution in [2.75, 3.05) is 59.5 Å². The van der Waals surface area contributed by atoms with Crippen molar-refractivity contribution >= 4 is 23.6 Å². The summed E-state index contributed by atoms with van der Waals surface area (Å²) in [5.74, 6) is -4.02. The van der Waals surface area contributed by atoms with Gasteiger partial charge < -0.3 is 289 Å². The topological polar surface area (TPSA) is 956 Å². The predicted molar refractivity (Wildman–Crippen MR) is 437 cm³/mol. The Hall–Kier alpha value is -4.28. The molecule has 0 bridgehead atoms. The quantitative estimate of drug-likeness (QED) is 0.0280. The maximum atomic E-state index is 13.7. The van der Waals surface area contributed by atoms with Crippen LogP contribution in [0.5, 0.6) is 0 Å². The van der Waals surface area contributed by atoms with E-state index in [9.17, 15) is 177 Å². The van der Waals surface area contributed by atoms with E-state index in [0.717, 1.165) is 27.7 Å². The lowest BCUT2D eigenvalue weighted by atomic mass is 9.93. The molecule has 0 aliphatic carbocycles. The Balaban J connectivity index is 0.917. The molecule has 12 fully saturated rings. The summed E-state index contributed by atoms with van der Waals surface area (Å²) in [4.78, 5) is 53.3. The van der Waals surface area contributed by atoms with E-state index >= 15 is 0 Å². The van der Waals surface area contributed by atoms with Crippen LogP contribution >= 0.6 is 0 Å². The van der Waals surface area contributed by atoms with Crippen molar-refractivity contribution in [2.45, 2.75) is 417 Å². The Morgan fingerprint density at radius 1 is 0.197 bits per heavy atom. The molecular weight excluding hydrogens is 1940 g/mol. The molecule has 12 aliphatic rings. The Bertz CT molecular complexity index is 3940. The number of aliphatic hydroxyl groups is 31. The van der Waals surface area contributed by atoms with E-state index in [0.29, 0.717) is 0 Å². The third kappa shape index (κ3) is 25.4. The van der Waals surface area contributed by atoms with Gasteiger partial charge in [-0.25, -0.2) is 0 Å². The number of carbonyl (C=O) groups is 4. The summed E-state index contributed by atoms with van der Waals surface area (Å²) in [6, 6.07) is -8.10. The van der Waals surface area contributed by atoms with E-state index < -0.39 is 451 Å². The van der Waals surface area contributed by atoms with Gasteiger partial charge in [0.2, 0.25) is 23.6 Å². The van der Waals surface area contributed by atoms with Gasteiger partial charge in [-0.15, -0.1) is 0 Å².